The maximum absolute atomic E-state index is 12.8. The summed E-state index contributed by atoms with van der Waals surface area (Å²) >= 11 is 0. The highest BCUT2D eigenvalue weighted by Crippen LogP contribution is 2.41. The average molecular weight is 310 g/mol. The van der Waals surface area contributed by atoms with Gasteiger partial charge in [-0.25, -0.2) is 0 Å². The molecule has 0 amide bonds. The topological polar surface area (TPSA) is 55.8 Å². The van der Waals surface area contributed by atoms with Gasteiger partial charge in [-0.05, 0) is 55.8 Å². The predicted molar refractivity (Wildman–Crippen MR) is 88.1 cm³/mol. The lowest BCUT2D eigenvalue weighted by atomic mass is 9.92. The van der Waals surface area contributed by atoms with Crippen molar-refractivity contribution in [2.24, 2.45) is 0 Å². The number of ketones is 1. The van der Waals surface area contributed by atoms with Crippen molar-refractivity contribution < 1.29 is 19.4 Å². The lowest BCUT2D eigenvalue weighted by molar-refractivity contribution is -0.125. The van der Waals surface area contributed by atoms with Gasteiger partial charge in [-0.2, -0.15) is 0 Å². The molecule has 118 valence electrons. The summed E-state index contributed by atoms with van der Waals surface area (Å²) in [6.07, 6.45) is 0. The van der Waals surface area contributed by atoms with Gasteiger partial charge in [-0.3, -0.25) is 4.79 Å². The van der Waals surface area contributed by atoms with Gasteiger partial charge >= 0.3 is 0 Å². The van der Waals surface area contributed by atoms with E-state index in [4.69, 9.17) is 9.47 Å². The molecule has 0 bridgehead atoms. The number of phenolic OH excluding ortho intramolecular Hbond substituents is 1. The Bertz CT molecular complexity index is 768. The number of benzene rings is 2. The third-order valence-corrected chi connectivity index (χ3v) is 3.87. The second kappa shape index (κ2) is 5.47. The van der Waals surface area contributed by atoms with Crippen molar-refractivity contribution in [1.29, 1.82) is 0 Å². The number of methoxy groups -OCH3 is 1. The number of phenols is 1. The van der Waals surface area contributed by atoms with E-state index in [9.17, 15) is 9.90 Å². The van der Waals surface area contributed by atoms with E-state index in [1.54, 1.807) is 45.2 Å². The molecule has 0 aliphatic carbocycles. The minimum atomic E-state index is -0.914. The molecule has 0 saturated heterocycles. The number of rotatable bonds is 3. The highest BCUT2D eigenvalue weighted by Gasteiger charge is 2.42. The predicted octanol–water partition coefficient (Wildman–Crippen LogP) is 3.65. The van der Waals surface area contributed by atoms with Crippen LogP contribution in [0.4, 0.5) is 0 Å². The van der Waals surface area contributed by atoms with Crippen LogP contribution >= 0.6 is 0 Å². The fourth-order valence-corrected chi connectivity index (χ4v) is 2.59. The van der Waals surface area contributed by atoms with E-state index in [2.05, 4.69) is 0 Å². The molecule has 23 heavy (non-hydrogen) atoms. The molecule has 0 atom stereocenters. The Morgan fingerprint density at radius 2 is 1.52 bits per heavy atom. The van der Waals surface area contributed by atoms with Crippen LogP contribution in [0.2, 0.25) is 0 Å². The summed E-state index contributed by atoms with van der Waals surface area (Å²) in [7, 11) is 1.60. The molecule has 0 radical (unpaired) electrons. The summed E-state index contributed by atoms with van der Waals surface area (Å²) in [4.78, 5) is 12.8. The van der Waals surface area contributed by atoms with E-state index in [1.807, 2.05) is 24.3 Å². The SMILES string of the molecule is COc1ccc(C2=C(c3ccc(O)cc3)OC(C)(C)C2=O)cc1. The maximum atomic E-state index is 12.8. The number of aromatic hydroxyl groups is 1. The minimum absolute atomic E-state index is 0.0641. The first-order chi connectivity index (χ1) is 10.9. The highest BCUT2D eigenvalue weighted by molar-refractivity contribution is 6.32. The van der Waals surface area contributed by atoms with E-state index < -0.39 is 5.60 Å². The molecule has 1 aliphatic heterocycles. The normalized spacial score (nSPS) is 16.4. The zero-order valence-corrected chi connectivity index (χ0v) is 13.3. The molecule has 0 unspecified atom stereocenters. The van der Waals surface area contributed by atoms with Crippen LogP contribution in [0, 0.1) is 0 Å². The van der Waals surface area contributed by atoms with Gasteiger partial charge in [0.1, 0.15) is 17.3 Å². The first-order valence-electron chi connectivity index (χ1n) is 7.34. The summed E-state index contributed by atoms with van der Waals surface area (Å²) in [6.45, 7) is 3.51. The summed E-state index contributed by atoms with van der Waals surface area (Å²) in [5.41, 5.74) is 1.17. The summed E-state index contributed by atoms with van der Waals surface area (Å²) in [5, 5.41) is 9.46. The lowest BCUT2D eigenvalue weighted by Gasteiger charge is -2.17. The molecule has 0 spiro atoms. The molecule has 1 N–H and O–H groups in total. The van der Waals surface area contributed by atoms with Crippen molar-refractivity contribution >= 4 is 17.1 Å². The van der Waals surface area contributed by atoms with E-state index in [1.165, 1.54) is 0 Å². The number of ether oxygens (including phenoxy) is 2. The van der Waals surface area contributed by atoms with Crippen LogP contribution in [-0.2, 0) is 9.53 Å². The molecular weight excluding hydrogens is 292 g/mol. The Balaban J connectivity index is 2.14. The van der Waals surface area contributed by atoms with Gasteiger partial charge in [-0.15, -0.1) is 0 Å². The molecule has 3 rings (SSSR count). The van der Waals surface area contributed by atoms with E-state index >= 15 is 0 Å². The molecule has 0 saturated carbocycles. The van der Waals surface area contributed by atoms with Crippen LogP contribution in [0.25, 0.3) is 11.3 Å². The number of carbonyl (C=O) groups is 1. The van der Waals surface area contributed by atoms with Crippen LogP contribution in [-0.4, -0.2) is 23.6 Å². The molecule has 1 aliphatic rings. The third kappa shape index (κ3) is 2.68. The summed E-state index contributed by atoms with van der Waals surface area (Å²) in [5.74, 6) is 1.37. The Labute approximate surface area is 135 Å². The smallest absolute Gasteiger partial charge is 0.210 e. The van der Waals surface area contributed by atoms with Gasteiger partial charge in [-0.1, -0.05) is 12.1 Å². The zero-order chi connectivity index (χ0) is 16.6. The molecule has 4 nitrogen and oxygen atoms in total. The number of Topliss-reactive ketones (excluding diaryl/α,β-unsaturated/α-hetero) is 1. The van der Waals surface area contributed by atoms with Gasteiger partial charge in [0, 0.05) is 5.56 Å². The first-order valence-corrected chi connectivity index (χ1v) is 7.34. The number of hydrogen-bond donors (Lipinski definition) is 1. The van der Waals surface area contributed by atoms with E-state index in [0.29, 0.717) is 11.3 Å². The van der Waals surface area contributed by atoms with Gasteiger partial charge in [0.15, 0.2) is 5.60 Å². The minimum Gasteiger partial charge on any atom is -0.508 e. The molecule has 0 aromatic heterocycles. The molecule has 0 fully saturated rings. The highest BCUT2D eigenvalue weighted by atomic mass is 16.5. The van der Waals surface area contributed by atoms with Gasteiger partial charge < -0.3 is 14.6 Å². The van der Waals surface area contributed by atoms with Crippen LogP contribution in [0.15, 0.2) is 48.5 Å². The Kier molecular flexibility index (Phi) is 3.60. The van der Waals surface area contributed by atoms with Crippen molar-refractivity contribution in [3.63, 3.8) is 0 Å². The van der Waals surface area contributed by atoms with Crippen molar-refractivity contribution in [3.8, 4) is 11.5 Å². The van der Waals surface area contributed by atoms with Crippen LogP contribution in [0.1, 0.15) is 25.0 Å². The molecule has 1 heterocycles. The molecule has 4 heteroatoms. The molecule has 2 aromatic carbocycles. The lowest BCUT2D eigenvalue weighted by Crippen LogP contribution is -2.29. The Hall–Kier alpha value is -2.75. The molecule has 2 aromatic rings. The van der Waals surface area contributed by atoms with Gasteiger partial charge in [0.2, 0.25) is 5.78 Å². The summed E-state index contributed by atoms with van der Waals surface area (Å²) < 4.78 is 11.1. The average Bonchev–Trinajstić information content (AvgIpc) is 2.78. The van der Waals surface area contributed by atoms with E-state index in [0.717, 1.165) is 16.9 Å². The van der Waals surface area contributed by atoms with E-state index in [-0.39, 0.29) is 11.5 Å². The quantitative estimate of drug-likeness (QED) is 0.940. The first kappa shape index (κ1) is 15.2. The van der Waals surface area contributed by atoms with Crippen LogP contribution < -0.4 is 4.74 Å². The largest absolute Gasteiger partial charge is 0.508 e. The Morgan fingerprint density at radius 3 is 2.09 bits per heavy atom. The molecular formula is C19H18O4. The van der Waals surface area contributed by atoms with Crippen molar-refractivity contribution in [2.75, 3.05) is 7.11 Å². The monoisotopic (exact) mass is 310 g/mol. The second-order valence-corrected chi connectivity index (χ2v) is 5.92. The Morgan fingerprint density at radius 1 is 0.957 bits per heavy atom. The van der Waals surface area contributed by atoms with Crippen LogP contribution in [0.5, 0.6) is 11.5 Å². The maximum Gasteiger partial charge on any atom is 0.210 e. The number of carbonyl (C=O) groups excluding carboxylic acids is 1. The van der Waals surface area contributed by atoms with Gasteiger partial charge in [0.25, 0.3) is 0 Å². The fourth-order valence-electron chi connectivity index (χ4n) is 2.59. The number of hydrogen-bond acceptors (Lipinski definition) is 4. The van der Waals surface area contributed by atoms with Crippen molar-refractivity contribution in [1.82, 2.24) is 0 Å². The van der Waals surface area contributed by atoms with Gasteiger partial charge in [0.05, 0.1) is 12.7 Å². The van der Waals surface area contributed by atoms with Crippen LogP contribution in [0.3, 0.4) is 0 Å². The summed E-state index contributed by atoms with van der Waals surface area (Å²) in [6, 6.07) is 13.9. The fraction of sp³-hybridized carbons (Fsp3) is 0.211. The second-order valence-electron chi connectivity index (χ2n) is 5.92. The van der Waals surface area contributed by atoms with Crippen molar-refractivity contribution in [2.45, 2.75) is 19.4 Å². The zero-order valence-electron chi connectivity index (χ0n) is 13.3. The standard InChI is InChI=1S/C19H18O4/c1-19(2)18(21)16(12-6-10-15(22-3)11-7-12)17(23-19)13-4-8-14(20)9-5-13/h4-11,20H,1-3H3. The third-order valence-electron chi connectivity index (χ3n) is 3.87. The van der Waals surface area contributed by atoms with Crippen molar-refractivity contribution in [3.05, 3.63) is 59.7 Å².